The first-order valence-corrected chi connectivity index (χ1v) is 6.81. The highest BCUT2D eigenvalue weighted by atomic mass is 16.6. The molecule has 3 aliphatic rings. The Bertz CT molecular complexity index is 581. The molecule has 0 aromatic heterocycles. The summed E-state index contributed by atoms with van der Waals surface area (Å²) in [6.07, 6.45) is -0.540. The molecule has 0 amide bonds. The molecule has 1 N–H and O–H groups in total. The Labute approximate surface area is 125 Å². The topological polar surface area (TPSA) is 116 Å². The molecule has 2 aliphatic carbocycles. The van der Waals surface area contributed by atoms with Crippen molar-refractivity contribution in [2.45, 2.75) is 25.0 Å². The minimum absolute atomic E-state index is 0.104. The molecule has 1 heterocycles. The van der Waals surface area contributed by atoms with Gasteiger partial charge < -0.3 is 19.3 Å². The Balaban J connectivity index is 1.74. The molecule has 118 valence electrons. The predicted molar refractivity (Wildman–Crippen MR) is 67.2 cm³/mol. The number of carbonyl (C=O) groups excluding carboxylic acids is 3. The number of hydrogen-bond donors (Lipinski definition) is 1. The number of carbonyl (C=O) groups is 4. The van der Waals surface area contributed by atoms with Crippen molar-refractivity contribution in [2.24, 2.45) is 17.3 Å². The number of aliphatic carboxylic acids is 1. The average Bonchev–Trinajstić information content (AvgIpc) is 3.07. The molecule has 2 saturated carbocycles. The van der Waals surface area contributed by atoms with Gasteiger partial charge in [-0.15, -0.1) is 0 Å². The number of fused-ring (bicyclic) bond motifs is 1. The van der Waals surface area contributed by atoms with Crippen LogP contribution in [0.15, 0.2) is 12.7 Å². The van der Waals surface area contributed by atoms with E-state index in [9.17, 15) is 24.3 Å². The smallest absolute Gasteiger partial charge is 0.344 e. The van der Waals surface area contributed by atoms with Crippen LogP contribution in [0.2, 0.25) is 0 Å². The number of carboxylic acid groups (broad SMARTS) is 1. The van der Waals surface area contributed by atoms with Gasteiger partial charge in [-0.2, -0.15) is 0 Å². The van der Waals surface area contributed by atoms with Crippen LogP contribution in [0.4, 0.5) is 0 Å². The zero-order chi connectivity index (χ0) is 16.1. The van der Waals surface area contributed by atoms with Crippen molar-refractivity contribution >= 4 is 23.9 Å². The third-order valence-corrected chi connectivity index (χ3v) is 4.70. The Kier molecular flexibility index (Phi) is 3.19. The molecule has 0 aromatic carbocycles. The van der Waals surface area contributed by atoms with Gasteiger partial charge in [0, 0.05) is 12.0 Å². The summed E-state index contributed by atoms with van der Waals surface area (Å²) in [4.78, 5) is 46.0. The second kappa shape index (κ2) is 4.82. The van der Waals surface area contributed by atoms with E-state index in [1.165, 1.54) is 0 Å². The van der Waals surface area contributed by atoms with Gasteiger partial charge in [-0.3, -0.25) is 9.59 Å². The molecule has 2 bridgehead atoms. The Morgan fingerprint density at radius 1 is 1.41 bits per heavy atom. The van der Waals surface area contributed by atoms with Gasteiger partial charge in [0.15, 0.2) is 12.7 Å². The van der Waals surface area contributed by atoms with Crippen LogP contribution >= 0.6 is 0 Å². The Morgan fingerprint density at radius 3 is 2.77 bits per heavy atom. The fourth-order valence-electron chi connectivity index (χ4n) is 3.78. The van der Waals surface area contributed by atoms with E-state index in [4.69, 9.17) is 9.47 Å². The van der Waals surface area contributed by atoms with E-state index < -0.39 is 54.0 Å². The third kappa shape index (κ3) is 1.90. The van der Waals surface area contributed by atoms with Gasteiger partial charge in [-0.05, 0) is 12.8 Å². The largest absolute Gasteiger partial charge is 0.481 e. The first-order valence-electron chi connectivity index (χ1n) is 6.81. The van der Waals surface area contributed by atoms with E-state index in [1.54, 1.807) is 0 Å². The lowest BCUT2D eigenvalue weighted by molar-refractivity contribution is -0.179. The predicted octanol–water partition coefficient (Wildman–Crippen LogP) is -0.336. The molecule has 1 aliphatic heterocycles. The highest BCUT2D eigenvalue weighted by Crippen LogP contribution is 2.62. The van der Waals surface area contributed by atoms with E-state index in [1.807, 2.05) is 0 Å². The summed E-state index contributed by atoms with van der Waals surface area (Å²) in [6, 6.07) is 0. The molecule has 8 nitrogen and oxygen atoms in total. The maximum absolute atomic E-state index is 11.8. The zero-order valence-corrected chi connectivity index (χ0v) is 11.5. The van der Waals surface area contributed by atoms with Gasteiger partial charge in [0.1, 0.15) is 11.5 Å². The summed E-state index contributed by atoms with van der Waals surface area (Å²) < 4.78 is 14.9. The number of rotatable bonds is 5. The Morgan fingerprint density at radius 2 is 2.14 bits per heavy atom. The summed E-state index contributed by atoms with van der Waals surface area (Å²) in [5.41, 5.74) is -1.30. The van der Waals surface area contributed by atoms with Crippen LogP contribution in [0.25, 0.3) is 0 Å². The number of esters is 3. The molecular weight excluding hydrogens is 296 g/mol. The molecule has 4 unspecified atom stereocenters. The standard InChI is InChI=1S/C14H14O8/c1-2-8(15)20-5-9(16)21-11-10-6-3-14(11,13(18)19)4-7(6)12(17)22-10/h2,6-7,10-11H,1,3-5H2,(H,18,19)/t6?,7?,10?,11-,14?/m1/s1. The average molecular weight is 310 g/mol. The van der Waals surface area contributed by atoms with Gasteiger partial charge in [-0.1, -0.05) is 6.58 Å². The van der Waals surface area contributed by atoms with Crippen LogP contribution in [-0.4, -0.2) is 47.8 Å². The number of carboxylic acids is 1. The molecule has 5 atom stereocenters. The summed E-state index contributed by atoms with van der Waals surface area (Å²) in [5, 5.41) is 9.52. The lowest BCUT2D eigenvalue weighted by atomic mass is 9.78. The van der Waals surface area contributed by atoms with Crippen molar-refractivity contribution in [3.8, 4) is 0 Å². The fourth-order valence-corrected chi connectivity index (χ4v) is 3.78. The van der Waals surface area contributed by atoms with Crippen molar-refractivity contribution in [2.75, 3.05) is 6.61 Å². The molecule has 0 spiro atoms. The van der Waals surface area contributed by atoms with Crippen LogP contribution < -0.4 is 0 Å². The van der Waals surface area contributed by atoms with Crippen LogP contribution in [0, 0.1) is 17.3 Å². The van der Waals surface area contributed by atoms with Gasteiger partial charge in [0.05, 0.1) is 5.92 Å². The van der Waals surface area contributed by atoms with Crippen molar-refractivity contribution in [3.05, 3.63) is 12.7 Å². The quantitative estimate of drug-likeness (QED) is 0.416. The minimum Gasteiger partial charge on any atom is -0.481 e. The van der Waals surface area contributed by atoms with Crippen LogP contribution in [0.5, 0.6) is 0 Å². The van der Waals surface area contributed by atoms with Crippen molar-refractivity contribution < 1.29 is 38.5 Å². The lowest BCUT2D eigenvalue weighted by Crippen LogP contribution is -2.47. The second-order valence-electron chi connectivity index (χ2n) is 5.76. The van der Waals surface area contributed by atoms with Crippen LogP contribution in [-0.2, 0) is 33.4 Å². The first-order chi connectivity index (χ1) is 10.4. The molecule has 8 heteroatoms. The summed E-state index contributed by atoms with van der Waals surface area (Å²) >= 11 is 0. The van der Waals surface area contributed by atoms with E-state index in [0.717, 1.165) is 6.08 Å². The van der Waals surface area contributed by atoms with E-state index in [-0.39, 0.29) is 18.8 Å². The summed E-state index contributed by atoms with van der Waals surface area (Å²) in [5.74, 6) is -3.89. The van der Waals surface area contributed by atoms with Crippen molar-refractivity contribution in [3.63, 3.8) is 0 Å². The molecule has 0 radical (unpaired) electrons. The molecule has 3 fully saturated rings. The van der Waals surface area contributed by atoms with Crippen molar-refractivity contribution in [1.29, 1.82) is 0 Å². The van der Waals surface area contributed by atoms with Crippen LogP contribution in [0.1, 0.15) is 12.8 Å². The number of hydrogen-bond acceptors (Lipinski definition) is 7. The second-order valence-corrected chi connectivity index (χ2v) is 5.76. The summed E-state index contributed by atoms with van der Waals surface area (Å²) in [7, 11) is 0. The maximum Gasteiger partial charge on any atom is 0.344 e. The number of ether oxygens (including phenoxy) is 3. The fraction of sp³-hybridized carbons (Fsp3) is 0.571. The maximum atomic E-state index is 11.8. The molecule has 1 saturated heterocycles. The SMILES string of the molecule is C=CC(=O)OCC(=O)O[C@@H]1C2OC(=O)C3CC1(C(=O)O)CC32. The molecule has 0 aromatic rings. The van der Waals surface area contributed by atoms with Gasteiger partial charge in [0.25, 0.3) is 0 Å². The van der Waals surface area contributed by atoms with E-state index >= 15 is 0 Å². The normalized spacial score (nSPS) is 37.5. The molecule has 3 rings (SSSR count). The summed E-state index contributed by atoms with van der Waals surface area (Å²) in [6.45, 7) is 2.54. The van der Waals surface area contributed by atoms with E-state index in [2.05, 4.69) is 11.3 Å². The van der Waals surface area contributed by atoms with Crippen molar-refractivity contribution in [1.82, 2.24) is 0 Å². The Hall–Kier alpha value is -2.38. The van der Waals surface area contributed by atoms with E-state index in [0.29, 0.717) is 0 Å². The van der Waals surface area contributed by atoms with Gasteiger partial charge in [-0.25, -0.2) is 9.59 Å². The molecular formula is C14H14O8. The highest BCUT2D eigenvalue weighted by Gasteiger charge is 2.73. The molecule has 22 heavy (non-hydrogen) atoms. The minimum atomic E-state index is -1.30. The monoisotopic (exact) mass is 310 g/mol. The van der Waals surface area contributed by atoms with Gasteiger partial charge in [0.2, 0.25) is 0 Å². The first kappa shape index (κ1) is 14.6. The lowest BCUT2D eigenvalue weighted by Gasteiger charge is -2.32. The zero-order valence-electron chi connectivity index (χ0n) is 11.5. The van der Waals surface area contributed by atoms with Crippen LogP contribution in [0.3, 0.4) is 0 Å². The highest BCUT2D eigenvalue weighted by molar-refractivity contribution is 5.86. The third-order valence-electron chi connectivity index (χ3n) is 4.70. The van der Waals surface area contributed by atoms with Gasteiger partial charge >= 0.3 is 23.9 Å².